The van der Waals surface area contributed by atoms with E-state index >= 15 is 0 Å². The highest BCUT2D eigenvalue weighted by Crippen LogP contribution is 2.43. The molecular formula is C28H15ClN2OS. The standard InChI is InChI=1S/C28H15ClN2OS/c29-25-15-20(30-28(31-25)16-6-2-1-3-7-16)17-10-11-21-19(14-17)26-22(32-21)12-13-24-27(26)18-8-4-5-9-23(18)33-24/h1-15H. The van der Waals surface area contributed by atoms with E-state index in [1.807, 2.05) is 59.9 Å². The van der Waals surface area contributed by atoms with Gasteiger partial charge in [0.15, 0.2) is 5.82 Å². The van der Waals surface area contributed by atoms with Gasteiger partial charge < -0.3 is 4.42 Å². The summed E-state index contributed by atoms with van der Waals surface area (Å²) in [5.41, 5.74) is 4.45. The van der Waals surface area contributed by atoms with Crippen LogP contribution in [0.1, 0.15) is 0 Å². The Morgan fingerprint density at radius 2 is 1.45 bits per heavy atom. The molecule has 0 aliphatic rings. The molecule has 0 aliphatic carbocycles. The third-order valence-corrected chi connectivity index (χ3v) is 7.33. The first kappa shape index (κ1) is 18.8. The van der Waals surface area contributed by atoms with E-state index in [0.717, 1.165) is 38.8 Å². The first-order valence-electron chi connectivity index (χ1n) is 10.6. The molecule has 0 bridgehead atoms. The van der Waals surface area contributed by atoms with E-state index in [1.165, 1.54) is 20.2 Å². The van der Waals surface area contributed by atoms with Gasteiger partial charge in [-0.25, -0.2) is 9.97 Å². The smallest absolute Gasteiger partial charge is 0.161 e. The molecule has 0 amide bonds. The summed E-state index contributed by atoms with van der Waals surface area (Å²) in [6, 6.07) is 30.7. The van der Waals surface area contributed by atoms with Crippen molar-refractivity contribution in [3.8, 4) is 22.6 Å². The molecule has 7 rings (SSSR count). The molecule has 0 saturated heterocycles. The maximum absolute atomic E-state index is 6.40. The lowest BCUT2D eigenvalue weighted by Gasteiger charge is -2.06. The molecule has 156 valence electrons. The van der Waals surface area contributed by atoms with Crippen LogP contribution in [0.4, 0.5) is 0 Å². The van der Waals surface area contributed by atoms with Crippen LogP contribution in [-0.2, 0) is 0 Å². The van der Waals surface area contributed by atoms with Crippen LogP contribution >= 0.6 is 22.9 Å². The Morgan fingerprint density at radius 3 is 2.36 bits per heavy atom. The Balaban J connectivity index is 1.50. The van der Waals surface area contributed by atoms with Crippen molar-refractivity contribution in [1.82, 2.24) is 9.97 Å². The highest BCUT2D eigenvalue weighted by atomic mass is 35.5. The minimum Gasteiger partial charge on any atom is -0.456 e. The number of thiophene rings is 1. The summed E-state index contributed by atoms with van der Waals surface area (Å²) < 4.78 is 8.77. The molecule has 0 radical (unpaired) electrons. The average molecular weight is 463 g/mol. The third-order valence-electron chi connectivity index (χ3n) is 6.00. The largest absolute Gasteiger partial charge is 0.456 e. The molecule has 3 aromatic heterocycles. The minimum atomic E-state index is 0.419. The second kappa shape index (κ2) is 7.14. The summed E-state index contributed by atoms with van der Waals surface area (Å²) in [6.45, 7) is 0. The normalized spacial score (nSPS) is 11.8. The maximum Gasteiger partial charge on any atom is 0.161 e. The molecule has 0 aliphatic heterocycles. The van der Waals surface area contributed by atoms with Crippen LogP contribution in [0.25, 0.3) is 64.8 Å². The van der Waals surface area contributed by atoms with Gasteiger partial charge in [-0.1, -0.05) is 60.1 Å². The van der Waals surface area contributed by atoms with Crippen molar-refractivity contribution in [2.24, 2.45) is 0 Å². The predicted molar refractivity (Wildman–Crippen MR) is 138 cm³/mol. The van der Waals surface area contributed by atoms with Gasteiger partial charge in [-0.2, -0.15) is 0 Å². The Labute approximate surface area is 197 Å². The monoisotopic (exact) mass is 462 g/mol. The molecule has 0 fully saturated rings. The summed E-state index contributed by atoms with van der Waals surface area (Å²) in [5.74, 6) is 0.612. The van der Waals surface area contributed by atoms with Crippen LogP contribution < -0.4 is 0 Å². The molecule has 7 aromatic rings. The lowest BCUT2D eigenvalue weighted by Crippen LogP contribution is -1.93. The van der Waals surface area contributed by atoms with Gasteiger partial charge in [-0.3, -0.25) is 0 Å². The van der Waals surface area contributed by atoms with E-state index in [9.17, 15) is 0 Å². The van der Waals surface area contributed by atoms with Gasteiger partial charge in [0, 0.05) is 48.1 Å². The van der Waals surface area contributed by atoms with Crippen molar-refractivity contribution in [2.75, 3.05) is 0 Å². The number of halogens is 1. The Bertz CT molecular complexity index is 1840. The SMILES string of the molecule is Clc1cc(-c2ccc3oc4ccc5sc6ccccc6c5c4c3c2)nc(-c2ccccc2)n1. The topological polar surface area (TPSA) is 38.9 Å². The van der Waals surface area contributed by atoms with E-state index < -0.39 is 0 Å². The zero-order valence-corrected chi connectivity index (χ0v) is 18.8. The molecule has 3 heterocycles. The van der Waals surface area contributed by atoms with Gasteiger partial charge in [-0.05, 0) is 36.4 Å². The maximum atomic E-state index is 6.40. The number of fused-ring (bicyclic) bond motifs is 7. The fourth-order valence-electron chi connectivity index (χ4n) is 4.52. The highest BCUT2D eigenvalue weighted by molar-refractivity contribution is 7.26. The fraction of sp³-hybridized carbons (Fsp3) is 0. The van der Waals surface area contributed by atoms with Crippen LogP contribution in [0.2, 0.25) is 5.15 Å². The van der Waals surface area contributed by atoms with Gasteiger partial charge in [0.2, 0.25) is 0 Å². The third kappa shape index (κ3) is 2.95. The first-order chi connectivity index (χ1) is 16.2. The molecule has 0 unspecified atom stereocenters. The van der Waals surface area contributed by atoms with E-state index in [4.69, 9.17) is 21.0 Å². The number of benzene rings is 4. The van der Waals surface area contributed by atoms with E-state index in [0.29, 0.717) is 11.0 Å². The zero-order valence-electron chi connectivity index (χ0n) is 17.2. The van der Waals surface area contributed by atoms with Crippen molar-refractivity contribution in [3.05, 3.63) is 96.1 Å². The van der Waals surface area contributed by atoms with Gasteiger partial charge in [0.25, 0.3) is 0 Å². The number of furan rings is 1. The Kier molecular flexibility index (Phi) is 4.07. The molecule has 0 atom stereocenters. The highest BCUT2D eigenvalue weighted by Gasteiger charge is 2.16. The first-order valence-corrected chi connectivity index (χ1v) is 11.8. The summed E-state index contributed by atoms with van der Waals surface area (Å²) in [7, 11) is 0. The Morgan fingerprint density at radius 1 is 0.636 bits per heavy atom. The predicted octanol–water partition coefficient (Wildman–Crippen LogP) is 8.73. The quantitative estimate of drug-likeness (QED) is 0.241. The van der Waals surface area contributed by atoms with Crippen LogP contribution in [0.15, 0.2) is 95.4 Å². The fourth-order valence-corrected chi connectivity index (χ4v) is 5.82. The summed E-state index contributed by atoms with van der Waals surface area (Å²) in [4.78, 5) is 9.26. The molecule has 0 spiro atoms. The molecule has 4 aromatic carbocycles. The zero-order chi connectivity index (χ0) is 21.9. The van der Waals surface area contributed by atoms with E-state index in [1.54, 1.807) is 0 Å². The van der Waals surface area contributed by atoms with Crippen LogP contribution in [0, 0.1) is 0 Å². The lowest BCUT2D eigenvalue weighted by atomic mass is 10.0. The summed E-state index contributed by atoms with van der Waals surface area (Å²) >= 11 is 8.21. The van der Waals surface area contributed by atoms with Crippen molar-refractivity contribution >= 4 is 65.0 Å². The molecule has 3 nitrogen and oxygen atoms in total. The van der Waals surface area contributed by atoms with E-state index in [2.05, 4.69) is 47.4 Å². The number of rotatable bonds is 2. The van der Waals surface area contributed by atoms with Crippen LogP contribution in [-0.4, -0.2) is 9.97 Å². The Hall–Kier alpha value is -3.73. The molecule has 0 N–H and O–H groups in total. The van der Waals surface area contributed by atoms with Gasteiger partial charge in [-0.15, -0.1) is 11.3 Å². The van der Waals surface area contributed by atoms with Gasteiger partial charge >= 0.3 is 0 Å². The van der Waals surface area contributed by atoms with E-state index in [-0.39, 0.29) is 0 Å². The molecule has 0 saturated carbocycles. The number of hydrogen-bond donors (Lipinski definition) is 0. The van der Waals surface area contributed by atoms with Crippen molar-refractivity contribution in [1.29, 1.82) is 0 Å². The minimum absolute atomic E-state index is 0.419. The van der Waals surface area contributed by atoms with Crippen molar-refractivity contribution in [2.45, 2.75) is 0 Å². The van der Waals surface area contributed by atoms with Crippen LogP contribution in [0.5, 0.6) is 0 Å². The summed E-state index contributed by atoms with van der Waals surface area (Å²) in [5, 5.41) is 5.14. The number of aromatic nitrogens is 2. The van der Waals surface area contributed by atoms with Gasteiger partial charge in [0.05, 0.1) is 5.69 Å². The second-order valence-electron chi connectivity index (χ2n) is 7.99. The van der Waals surface area contributed by atoms with Crippen molar-refractivity contribution < 1.29 is 4.42 Å². The lowest BCUT2D eigenvalue weighted by molar-refractivity contribution is 0.669. The molecule has 5 heteroatoms. The summed E-state index contributed by atoms with van der Waals surface area (Å²) in [6.07, 6.45) is 0. The average Bonchev–Trinajstić information content (AvgIpc) is 3.41. The number of nitrogens with zero attached hydrogens (tertiary/aromatic N) is 2. The molecular weight excluding hydrogens is 448 g/mol. The van der Waals surface area contributed by atoms with Crippen molar-refractivity contribution in [3.63, 3.8) is 0 Å². The number of hydrogen-bond acceptors (Lipinski definition) is 4. The van der Waals surface area contributed by atoms with Gasteiger partial charge in [0.1, 0.15) is 16.3 Å². The second-order valence-corrected chi connectivity index (χ2v) is 9.46. The molecule has 33 heavy (non-hydrogen) atoms. The van der Waals surface area contributed by atoms with Crippen LogP contribution in [0.3, 0.4) is 0 Å².